The second-order valence-electron chi connectivity index (χ2n) is 3.87. The van der Waals surface area contributed by atoms with E-state index in [2.05, 4.69) is 4.90 Å². The standard InChI is InChI=1S/C9H17ClN2O/c1-11(2)3-4-12-7-8(6-10)5-9(12)13/h8H,3-7H2,1-2H3. The number of hydrogen-bond donors (Lipinski definition) is 0. The normalized spacial score (nSPS) is 23.2. The highest BCUT2D eigenvalue weighted by Gasteiger charge is 2.28. The molecule has 0 aromatic heterocycles. The number of carbonyl (C=O) groups is 1. The van der Waals surface area contributed by atoms with Crippen LogP contribution in [0.15, 0.2) is 0 Å². The van der Waals surface area contributed by atoms with Gasteiger partial charge in [0, 0.05) is 31.9 Å². The number of likely N-dealkylation sites (N-methyl/N-ethyl adjacent to an activating group) is 1. The fourth-order valence-electron chi connectivity index (χ4n) is 1.49. The molecule has 0 aliphatic carbocycles. The van der Waals surface area contributed by atoms with Crippen LogP contribution in [0.4, 0.5) is 0 Å². The Morgan fingerprint density at radius 1 is 1.62 bits per heavy atom. The van der Waals surface area contributed by atoms with E-state index in [0.29, 0.717) is 18.2 Å². The number of nitrogens with zero attached hydrogens (tertiary/aromatic N) is 2. The lowest BCUT2D eigenvalue weighted by Gasteiger charge is -2.18. The third-order valence-electron chi connectivity index (χ3n) is 2.33. The fourth-order valence-corrected chi connectivity index (χ4v) is 1.70. The molecular formula is C9H17ClN2O. The van der Waals surface area contributed by atoms with Gasteiger partial charge < -0.3 is 9.80 Å². The van der Waals surface area contributed by atoms with Crippen molar-refractivity contribution in [1.82, 2.24) is 9.80 Å². The largest absolute Gasteiger partial charge is 0.341 e. The third-order valence-corrected chi connectivity index (χ3v) is 2.77. The average Bonchev–Trinajstić information content (AvgIpc) is 2.43. The number of likely N-dealkylation sites (tertiary alicyclic amines) is 1. The van der Waals surface area contributed by atoms with E-state index in [0.717, 1.165) is 19.6 Å². The van der Waals surface area contributed by atoms with Crippen LogP contribution in [0.1, 0.15) is 6.42 Å². The Bertz CT molecular complexity index is 184. The lowest BCUT2D eigenvalue weighted by Crippen LogP contribution is -2.32. The molecular weight excluding hydrogens is 188 g/mol. The highest BCUT2D eigenvalue weighted by molar-refractivity contribution is 6.18. The Morgan fingerprint density at radius 3 is 2.77 bits per heavy atom. The molecule has 1 rings (SSSR count). The zero-order valence-corrected chi connectivity index (χ0v) is 9.05. The second-order valence-corrected chi connectivity index (χ2v) is 4.18. The summed E-state index contributed by atoms with van der Waals surface area (Å²) >= 11 is 5.71. The Labute approximate surface area is 84.6 Å². The molecule has 76 valence electrons. The predicted octanol–water partition coefficient (Wildman–Crippen LogP) is 0.635. The Balaban J connectivity index is 2.31. The number of amides is 1. The first kappa shape index (κ1) is 10.8. The third kappa shape index (κ3) is 3.16. The Kier molecular flexibility index (Phi) is 4.00. The van der Waals surface area contributed by atoms with Crippen LogP contribution < -0.4 is 0 Å². The number of carbonyl (C=O) groups excluding carboxylic acids is 1. The second kappa shape index (κ2) is 4.82. The van der Waals surface area contributed by atoms with Gasteiger partial charge in [-0.2, -0.15) is 0 Å². The summed E-state index contributed by atoms with van der Waals surface area (Å²) in [5, 5.41) is 0. The van der Waals surface area contributed by atoms with Crippen molar-refractivity contribution < 1.29 is 4.79 Å². The molecule has 0 N–H and O–H groups in total. The van der Waals surface area contributed by atoms with Crippen LogP contribution in [-0.2, 0) is 4.79 Å². The number of rotatable bonds is 4. The molecule has 0 radical (unpaired) electrons. The van der Waals surface area contributed by atoms with Gasteiger partial charge in [0.1, 0.15) is 0 Å². The molecule has 1 amide bonds. The molecule has 3 nitrogen and oxygen atoms in total. The van der Waals surface area contributed by atoms with Gasteiger partial charge in [0.15, 0.2) is 0 Å². The zero-order chi connectivity index (χ0) is 9.84. The van der Waals surface area contributed by atoms with E-state index in [1.807, 2.05) is 19.0 Å². The summed E-state index contributed by atoms with van der Waals surface area (Å²) < 4.78 is 0. The van der Waals surface area contributed by atoms with Crippen LogP contribution in [0.2, 0.25) is 0 Å². The van der Waals surface area contributed by atoms with Crippen LogP contribution in [0.3, 0.4) is 0 Å². The molecule has 1 unspecified atom stereocenters. The van der Waals surface area contributed by atoms with Gasteiger partial charge in [-0.25, -0.2) is 0 Å². The molecule has 1 heterocycles. The SMILES string of the molecule is CN(C)CCN1CC(CCl)CC1=O. The molecule has 0 aromatic rings. The van der Waals surface area contributed by atoms with Crippen LogP contribution in [-0.4, -0.2) is 55.3 Å². The van der Waals surface area contributed by atoms with Crippen molar-refractivity contribution in [2.75, 3.05) is 39.6 Å². The maximum absolute atomic E-state index is 11.4. The van der Waals surface area contributed by atoms with Crippen molar-refractivity contribution in [1.29, 1.82) is 0 Å². The smallest absolute Gasteiger partial charge is 0.223 e. The Hall–Kier alpha value is -0.280. The van der Waals surface area contributed by atoms with Gasteiger partial charge in [-0.3, -0.25) is 4.79 Å². The number of alkyl halides is 1. The monoisotopic (exact) mass is 204 g/mol. The van der Waals surface area contributed by atoms with Crippen molar-refractivity contribution >= 4 is 17.5 Å². The summed E-state index contributed by atoms with van der Waals surface area (Å²) in [5.41, 5.74) is 0. The van der Waals surface area contributed by atoms with Gasteiger partial charge in [-0.05, 0) is 20.0 Å². The zero-order valence-electron chi connectivity index (χ0n) is 8.29. The Morgan fingerprint density at radius 2 is 2.31 bits per heavy atom. The first-order valence-electron chi connectivity index (χ1n) is 4.62. The maximum atomic E-state index is 11.4. The number of hydrogen-bond acceptors (Lipinski definition) is 2. The van der Waals surface area contributed by atoms with Crippen molar-refractivity contribution in [2.24, 2.45) is 5.92 Å². The van der Waals surface area contributed by atoms with E-state index >= 15 is 0 Å². The molecule has 0 saturated carbocycles. The van der Waals surface area contributed by atoms with Crippen LogP contribution in [0.25, 0.3) is 0 Å². The van der Waals surface area contributed by atoms with E-state index in [1.54, 1.807) is 0 Å². The molecule has 1 aliphatic heterocycles. The quantitative estimate of drug-likeness (QED) is 0.628. The summed E-state index contributed by atoms with van der Waals surface area (Å²) in [6.45, 7) is 2.61. The highest BCUT2D eigenvalue weighted by Crippen LogP contribution is 2.18. The summed E-state index contributed by atoms with van der Waals surface area (Å²) in [7, 11) is 4.03. The van der Waals surface area contributed by atoms with Gasteiger partial charge in [-0.15, -0.1) is 11.6 Å². The van der Waals surface area contributed by atoms with Crippen molar-refractivity contribution in [3.05, 3.63) is 0 Å². The average molecular weight is 205 g/mol. The lowest BCUT2D eigenvalue weighted by atomic mass is 10.1. The van der Waals surface area contributed by atoms with Gasteiger partial charge in [0.05, 0.1) is 0 Å². The molecule has 1 aliphatic rings. The van der Waals surface area contributed by atoms with Gasteiger partial charge >= 0.3 is 0 Å². The molecule has 1 fully saturated rings. The molecule has 0 aromatic carbocycles. The first-order chi connectivity index (χ1) is 6.13. The van der Waals surface area contributed by atoms with E-state index in [-0.39, 0.29) is 5.91 Å². The fraction of sp³-hybridized carbons (Fsp3) is 0.889. The highest BCUT2D eigenvalue weighted by atomic mass is 35.5. The molecule has 1 saturated heterocycles. The molecule has 0 bridgehead atoms. The van der Waals surface area contributed by atoms with Crippen molar-refractivity contribution in [2.45, 2.75) is 6.42 Å². The van der Waals surface area contributed by atoms with E-state index < -0.39 is 0 Å². The summed E-state index contributed by atoms with van der Waals surface area (Å²) in [5.74, 6) is 1.23. The minimum Gasteiger partial charge on any atom is -0.341 e. The molecule has 4 heteroatoms. The number of halogens is 1. The first-order valence-corrected chi connectivity index (χ1v) is 5.15. The summed E-state index contributed by atoms with van der Waals surface area (Å²) in [6.07, 6.45) is 0.636. The van der Waals surface area contributed by atoms with Gasteiger partial charge in [-0.1, -0.05) is 0 Å². The molecule has 13 heavy (non-hydrogen) atoms. The predicted molar refractivity (Wildman–Crippen MR) is 54.0 cm³/mol. The van der Waals surface area contributed by atoms with Crippen molar-refractivity contribution in [3.8, 4) is 0 Å². The van der Waals surface area contributed by atoms with Crippen molar-refractivity contribution in [3.63, 3.8) is 0 Å². The van der Waals surface area contributed by atoms with E-state index in [1.165, 1.54) is 0 Å². The molecule has 0 spiro atoms. The minimum atomic E-state index is 0.257. The lowest BCUT2D eigenvalue weighted by molar-refractivity contribution is -0.127. The maximum Gasteiger partial charge on any atom is 0.223 e. The van der Waals surface area contributed by atoms with E-state index in [4.69, 9.17) is 11.6 Å². The minimum absolute atomic E-state index is 0.257. The van der Waals surface area contributed by atoms with Gasteiger partial charge in [0.2, 0.25) is 5.91 Å². The van der Waals surface area contributed by atoms with Crippen LogP contribution in [0, 0.1) is 5.92 Å². The van der Waals surface area contributed by atoms with Crippen LogP contribution >= 0.6 is 11.6 Å². The van der Waals surface area contributed by atoms with Crippen LogP contribution in [0.5, 0.6) is 0 Å². The molecule has 1 atom stereocenters. The summed E-state index contributed by atoms with van der Waals surface area (Å²) in [6, 6.07) is 0. The van der Waals surface area contributed by atoms with Gasteiger partial charge in [0.25, 0.3) is 0 Å². The van der Waals surface area contributed by atoms with E-state index in [9.17, 15) is 4.79 Å². The summed E-state index contributed by atoms with van der Waals surface area (Å²) in [4.78, 5) is 15.4. The topological polar surface area (TPSA) is 23.6 Å².